The number of nitrogens with zero attached hydrogens (tertiary/aromatic N) is 2. The first-order valence-corrected chi connectivity index (χ1v) is 11.3. The predicted molar refractivity (Wildman–Crippen MR) is 132 cm³/mol. The van der Waals surface area contributed by atoms with Crippen LogP contribution in [0.5, 0.6) is 0 Å². The van der Waals surface area contributed by atoms with E-state index in [1.807, 2.05) is 0 Å². The topological polar surface area (TPSA) is 66.0 Å². The lowest BCUT2D eigenvalue weighted by Gasteiger charge is -2.24. The molecular formula is C21H37IN4O2S. The molecule has 1 amide bonds. The summed E-state index contributed by atoms with van der Waals surface area (Å²) in [6.07, 6.45) is 7.44. The molecule has 1 heterocycles. The maximum Gasteiger partial charge on any atom is 0.243 e. The van der Waals surface area contributed by atoms with Crippen LogP contribution >= 0.6 is 35.3 Å². The monoisotopic (exact) mass is 536 g/mol. The molecule has 1 aromatic rings. The van der Waals surface area contributed by atoms with Crippen LogP contribution in [0.4, 0.5) is 0 Å². The largest absolute Gasteiger partial charge is 0.378 e. The number of hydrogen-bond acceptors (Lipinski definition) is 4. The van der Waals surface area contributed by atoms with Crippen molar-refractivity contribution in [1.29, 1.82) is 0 Å². The van der Waals surface area contributed by atoms with Crippen LogP contribution in [-0.4, -0.2) is 63.2 Å². The predicted octanol–water partition coefficient (Wildman–Crippen LogP) is 3.52. The van der Waals surface area contributed by atoms with Gasteiger partial charge in [0, 0.05) is 38.7 Å². The van der Waals surface area contributed by atoms with Gasteiger partial charge in [0.25, 0.3) is 0 Å². The van der Waals surface area contributed by atoms with Crippen LogP contribution in [0.3, 0.4) is 0 Å². The number of carbonyl (C=O) groups is 1. The molecule has 166 valence electrons. The van der Waals surface area contributed by atoms with Gasteiger partial charge in [-0.15, -0.1) is 35.3 Å². The number of guanidine groups is 1. The fourth-order valence-corrected chi connectivity index (χ4v) is 4.26. The average molecular weight is 537 g/mol. The van der Waals surface area contributed by atoms with Crippen molar-refractivity contribution in [1.82, 2.24) is 15.5 Å². The van der Waals surface area contributed by atoms with Gasteiger partial charge in [-0.05, 0) is 50.0 Å². The van der Waals surface area contributed by atoms with Crippen molar-refractivity contribution < 1.29 is 9.53 Å². The van der Waals surface area contributed by atoms with Crippen LogP contribution in [0.2, 0.25) is 0 Å². The summed E-state index contributed by atoms with van der Waals surface area (Å²) in [6, 6.07) is 4.21. The number of aliphatic imine (C=N–C) groups is 1. The van der Waals surface area contributed by atoms with E-state index in [1.165, 1.54) is 30.6 Å². The average Bonchev–Trinajstić information content (AvgIpc) is 3.38. The maximum atomic E-state index is 11.9. The van der Waals surface area contributed by atoms with Gasteiger partial charge in [-0.3, -0.25) is 4.79 Å². The summed E-state index contributed by atoms with van der Waals surface area (Å²) in [5.41, 5.74) is 0. The molecule has 0 bridgehead atoms. The van der Waals surface area contributed by atoms with Crippen LogP contribution < -0.4 is 10.6 Å². The van der Waals surface area contributed by atoms with Crippen LogP contribution in [0.1, 0.15) is 43.9 Å². The summed E-state index contributed by atoms with van der Waals surface area (Å²) in [5.74, 6) is 1.38. The van der Waals surface area contributed by atoms with Gasteiger partial charge in [0.2, 0.25) is 5.91 Å². The molecule has 1 fully saturated rings. The van der Waals surface area contributed by atoms with Gasteiger partial charge in [0.15, 0.2) is 5.96 Å². The Morgan fingerprint density at radius 1 is 1.31 bits per heavy atom. The Bertz CT molecular complexity index is 590. The molecule has 1 aromatic heterocycles. The van der Waals surface area contributed by atoms with E-state index in [-0.39, 0.29) is 36.4 Å². The van der Waals surface area contributed by atoms with E-state index in [0.717, 1.165) is 32.5 Å². The maximum absolute atomic E-state index is 11.9. The zero-order valence-electron chi connectivity index (χ0n) is 18.0. The zero-order chi connectivity index (χ0) is 20.2. The van der Waals surface area contributed by atoms with Crippen LogP contribution in [0.25, 0.3) is 0 Å². The van der Waals surface area contributed by atoms with E-state index in [1.54, 1.807) is 30.3 Å². The van der Waals surface area contributed by atoms with E-state index in [4.69, 9.17) is 4.74 Å². The molecule has 0 saturated heterocycles. The molecule has 1 atom stereocenters. The van der Waals surface area contributed by atoms with Crippen molar-refractivity contribution >= 4 is 47.2 Å². The minimum absolute atomic E-state index is 0. The summed E-state index contributed by atoms with van der Waals surface area (Å²) in [4.78, 5) is 19.3. The zero-order valence-corrected chi connectivity index (χ0v) is 21.1. The first-order chi connectivity index (χ1) is 13.6. The van der Waals surface area contributed by atoms with E-state index in [9.17, 15) is 4.79 Å². The summed E-state index contributed by atoms with van der Waals surface area (Å²) in [5, 5.41) is 8.85. The molecule has 6 nitrogen and oxygen atoms in total. The Morgan fingerprint density at radius 3 is 2.66 bits per heavy atom. The number of likely N-dealkylation sites (N-methyl/N-ethyl adjacent to an activating group) is 1. The van der Waals surface area contributed by atoms with Crippen molar-refractivity contribution in [3.05, 3.63) is 22.4 Å². The van der Waals surface area contributed by atoms with Gasteiger partial charge >= 0.3 is 0 Å². The van der Waals surface area contributed by atoms with Crippen molar-refractivity contribution in [2.75, 3.05) is 40.3 Å². The molecule has 2 N–H and O–H groups in total. The summed E-state index contributed by atoms with van der Waals surface area (Å²) >= 11 is 1.76. The van der Waals surface area contributed by atoms with Crippen molar-refractivity contribution in [2.45, 2.75) is 51.6 Å². The van der Waals surface area contributed by atoms with Crippen molar-refractivity contribution in [3.63, 3.8) is 0 Å². The van der Waals surface area contributed by atoms with Gasteiger partial charge in [-0.2, -0.15) is 0 Å². The molecule has 1 aliphatic rings. The first kappa shape index (κ1) is 26.2. The number of halogens is 1. The van der Waals surface area contributed by atoms with Gasteiger partial charge < -0.3 is 20.3 Å². The Hall–Kier alpha value is -0.870. The summed E-state index contributed by atoms with van der Waals surface area (Å²) in [7, 11) is 3.51. The molecule has 29 heavy (non-hydrogen) atoms. The third-order valence-electron chi connectivity index (χ3n) is 5.14. The second-order valence-electron chi connectivity index (χ2n) is 7.46. The quantitative estimate of drug-likeness (QED) is 0.258. The van der Waals surface area contributed by atoms with Gasteiger partial charge in [0.1, 0.15) is 6.54 Å². The SMILES string of the molecule is CCOC(CCNC(=NCC(=O)N(C)C)NCCc1cccs1)C1CCCC1.I. The molecule has 1 unspecified atom stereocenters. The molecule has 0 aliphatic heterocycles. The molecular weight excluding hydrogens is 499 g/mol. The fourth-order valence-electron chi connectivity index (χ4n) is 3.55. The molecule has 1 saturated carbocycles. The van der Waals surface area contributed by atoms with E-state index >= 15 is 0 Å². The molecule has 8 heteroatoms. The smallest absolute Gasteiger partial charge is 0.243 e. The lowest BCUT2D eigenvalue weighted by Crippen LogP contribution is -2.41. The highest BCUT2D eigenvalue weighted by molar-refractivity contribution is 14.0. The summed E-state index contributed by atoms with van der Waals surface area (Å²) in [6.45, 7) is 4.57. The molecule has 0 aromatic carbocycles. The lowest BCUT2D eigenvalue weighted by molar-refractivity contribution is -0.127. The van der Waals surface area contributed by atoms with E-state index in [2.05, 4.69) is 40.1 Å². The highest BCUT2D eigenvalue weighted by atomic mass is 127. The van der Waals surface area contributed by atoms with Gasteiger partial charge in [0.05, 0.1) is 6.10 Å². The van der Waals surface area contributed by atoms with Gasteiger partial charge in [-0.1, -0.05) is 18.9 Å². The van der Waals surface area contributed by atoms with Crippen LogP contribution in [-0.2, 0) is 16.0 Å². The summed E-state index contributed by atoms with van der Waals surface area (Å²) < 4.78 is 6.01. The van der Waals surface area contributed by atoms with Gasteiger partial charge in [-0.25, -0.2) is 4.99 Å². The minimum Gasteiger partial charge on any atom is -0.378 e. The number of hydrogen-bond donors (Lipinski definition) is 2. The number of carbonyl (C=O) groups excluding carboxylic acids is 1. The van der Waals surface area contributed by atoms with Crippen LogP contribution in [0.15, 0.2) is 22.5 Å². The number of nitrogens with one attached hydrogen (secondary N) is 2. The fraction of sp³-hybridized carbons (Fsp3) is 0.714. The second-order valence-corrected chi connectivity index (χ2v) is 8.50. The Balaban J connectivity index is 0.00000420. The third kappa shape index (κ3) is 10.1. The second kappa shape index (κ2) is 15.0. The number of amides is 1. The Labute approximate surface area is 196 Å². The Kier molecular flexibility index (Phi) is 13.5. The minimum atomic E-state index is -0.00231. The van der Waals surface area contributed by atoms with Crippen LogP contribution in [0, 0.1) is 5.92 Å². The first-order valence-electron chi connectivity index (χ1n) is 10.5. The number of ether oxygens (including phenoxy) is 1. The third-order valence-corrected chi connectivity index (χ3v) is 6.08. The highest BCUT2D eigenvalue weighted by Gasteiger charge is 2.25. The molecule has 1 aliphatic carbocycles. The van der Waals surface area contributed by atoms with Crippen molar-refractivity contribution in [3.8, 4) is 0 Å². The van der Waals surface area contributed by atoms with E-state index in [0.29, 0.717) is 18.0 Å². The standard InChI is InChI=1S/C21H36N4O2S.HI/c1-4-27-19(17-8-5-6-9-17)12-14-23-21(24-16-20(26)25(2)3)22-13-11-18-10-7-15-28-18;/h7,10,15,17,19H,4-6,8-9,11-14,16H2,1-3H3,(H2,22,23,24);1H. The Morgan fingerprint density at radius 2 is 2.03 bits per heavy atom. The number of thiophene rings is 1. The highest BCUT2D eigenvalue weighted by Crippen LogP contribution is 2.30. The molecule has 0 radical (unpaired) electrons. The number of rotatable bonds is 11. The van der Waals surface area contributed by atoms with E-state index < -0.39 is 0 Å². The molecule has 2 rings (SSSR count). The lowest BCUT2D eigenvalue weighted by atomic mass is 9.98. The molecule has 0 spiro atoms. The normalized spacial score (nSPS) is 15.6. The van der Waals surface area contributed by atoms with Crippen molar-refractivity contribution in [2.24, 2.45) is 10.9 Å².